The molecule has 1 aromatic rings. The van der Waals surface area contributed by atoms with Crippen LogP contribution in [0.4, 0.5) is 0 Å². The Morgan fingerprint density at radius 1 is 1.42 bits per heavy atom. The lowest BCUT2D eigenvalue weighted by Gasteiger charge is -2.23. The highest BCUT2D eigenvalue weighted by molar-refractivity contribution is 5.08. The summed E-state index contributed by atoms with van der Waals surface area (Å²) in [6, 6.07) is 2.06. The van der Waals surface area contributed by atoms with Crippen LogP contribution >= 0.6 is 0 Å². The summed E-state index contributed by atoms with van der Waals surface area (Å²) in [5.74, 6) is 0.957. The first-order valence-corrected chi connectivity index (χ1v) is 7.00. The van der Waals surface area contributed by atoms with Gasteiger partial charge < -0.3 is 9.84 Å². The Labute approximate surface area is 115 Å². The summed E-state index contributed by atoms with van der Waals surface area (Å²) in [6.07, 6.45) is 3.45. The van der Waals surface area contributed by atoms with Gasteiger partial charge in [0.1, 0.15) is 0 Å². The van der Waals surface area contributed by atoms with E-state index in [1.54, 1.807) is 0 Å². The SMILES string of the molecule is CC1=CCN(Cc2cc(CNC(C)(C)C)no2)CC1. The second-order valence-electron chi connectivity index (χ2n) is 6.42. The molecule has 4 nitrogen and oxygen atoms in total. The Morgan fingerprint density at radius 2 is 2.21 bits per heavy atom. The first-order valence-electron chi connectivity index (χ1n) is 7.00. The van der Waals surface area contributed by atoms with Gasteiger partial charge in [-0.15, -0.1) is 0 Å². The second-order valence-corrected chi connectivity index (χ2v) is 6.42. The van der Waals surface area contributed by atoms with Crippen LogP contribution in [0, 0.1) is 0 Å². The zero-order chi connectivity index (χ0) is 13.9. The lowest BCUT2D eigenvalue weighted by Crippen LogP contribution is -2.35. The molecule has 106 valence electrons. The summed E-state index contributed by atoms with van der Waals surface area (Å²) in [5, 5.41) is 7.54. The number of aromatic nitrogens is 1. The Kier molecular flexibility index (Phi) is 4.42. The highest BCUT2D eigenvalue weighted by Crippen LogP contribution is 2.14. The molecule has 0 amide bonds. The van der Waals surface area contributed by atoms with Crippen LogP contribution in [0.3, 0.4) is 0 Å². The molecule has 4 heteroatoms. The third kappa shape index (κ3) is 4.80. The highest BCUT2D eigenvalue weighted by Gasteiger charge is 2.14. The molecule has 0 saturated carbocycles. The highest BCUT2D eigenvalue weighted by atomic mass is 16.5. The van der Waals surface area contributed by atoms with Crippen LogP contribution < -0.4 is 5.32 Å². The maximum absolute atomic E-state index is 5.41. The number of nitrogens with zero attached hydrogens (tertiary/aromatic N) is 2. The predicted molar refractivity (Wildman–Crippen MR) is 76.7 cm³/mol. The lowest BCUT2D eigenvalue weighted by atomic mass is 10.1. The average Bonchev–Trinajstić information content (AvgIpc) is 2.77. The average molecular weight is 263 g/mol. The van der Waals surface area contributed by atoms with Crippen molar-refractivity contribution in [3.8, 4) is 0 Å². The smallest absolute Gasteiger partial charge is 0.151 e. The van der Waals surface area contributed by atoms with E-state index in [2.05, 4.69) is 55.2 Å². The summed E-state index contributed by atoms with van der Waals surface area (Å²) in [6.45, 7) is 12.4. The van der Waals surface area contributed by atoms with Crippen molar-refractivity contribution in [2.75, 3.05) is 13.1 Å². The first kappa shape index (κ1) is 14.3. The Bertz CT molecular complexity index is 442. The van der Waals surface area contributed by atoms with Crippen LogP contribution in [-0.4, -0.2) is 28.7 Å². The van der Waals surface area contributed by atoms with Gasteiger partial charge in [0.25, 0.3) is 0 Å². The van der Waals surface area contributed by atoms with Gasteiger partial charge in [-0.1, -0.05) is 16.8 Å². The monoisotopic (exact) mass is 263 g/mol. The molecule has 1 aliphatic rings. The summed E-state index contributed by atoms with van der Waals surface area (Å²) in [4.78, 5) is 2.38. The second kappa shape index (κ2) is 5.88. The zero-order valence-electron chi connectivity index (χ0n) is 12.5. The molecule has 0 radical (unpaired) electrons. The van der Waals surface area contributed by atoms with Crippen molar-refractivity contribution < 1.29 is 4.52 Å². The van der Waals surface area contributed by atoms with Crippen molar-refractivity contribution >= 4 is 0 Å². The van der Waals surface area contributed by atoms with E-state index in [1.165, 1.54) is 5.57 Å². The van der Waals surface area contributed by atoms with E-state index < -0.39 is 0 Å². The van der Waals surface area contributed by atoms with Crippen LogP contribution in [0.25, 0.3) is 0 Å². The minimum atomic E-state index is 0.105. The zero-order valence-corrected chi connectivity index (χ0v) is 12.5. The van der Waals surface area contributed by atoms with E-state index in [0.29, 0.717) is 0 Å². The van der Waals surface area contributed by atoms with E-state index in [4.69, 9.17) is 4.52 Å². The molecule has 2 heterocycles. The standard InChI is InChI=1S/C15H25N3O/c1-12-5-7-18(8-6-12)11-14-9-13(17-19-14)10-16-15(2,3)4/h5,9,16H,6-8,10-11H2,1-4H3. The van der Waals surface area contributed by atoms with Gasteiger partial charge in [0.2, 0.25) is 0 Å². The van der Waals surface area contributed by atoms with E-state index in [1.807, 2.05) is 0 Å². The van der Waals surface area contributed by atoms with E-state index in [-0.39, 0.29) is 5.54 Å². The minimum absolute atomic E-state index is 0.105. The Hall–Kier alpha value is -1.13. The molecule has 0 unspecified atom stereocenters. The van der Waals surface area contributed by atoms with Gasteiger partial charge >= 0.3 is 0 Å². The summed E-state index contributed by atoms with van der Waals surface area (Å²) >= 11 is 0. The molecular formula is C15H25N3O. The topological polar surface area (TPSA) is 41.3 Å². The molecule has 0 fully saturated rings. The number of rotatable bonds is 4. The van der Waals surface area contributed by atoms with E-state index >= 15 is 0 Å². The van der Waals surface area contributed by atoms with Gasteiger partial charge in [-0.3, -0.25) is 4.90 Å². The number of nitrogens with one attached hydrogen (secondary N) is 1. The van der Waals surface area contributed by atoms with Crippen molar-refractivity contribution in [1.29, 1.82) is 0 Å². The summed E-state index contributed by atoms with van der Waals surface area (Å²) < 4.78 is 5.41. The van der Waals surface area contributed by atoms with E-state index in [0.717, 1.165) is 44.1 Å². The first-order chi connectivity index (χ1) is 8.92. The van der Waals surface area contributed by atoms with Crippen LogP contribution in [0.1, 0.15) is 45.6 Å². The molecule has 0 aromatic carbocycles. The lowest BCUT2D eigenvalue weighted by molar-refractivity contribution is 0.244. The molecular weight excluding hydrogens is 238 g/mol. The summed E-state index contributed by atoms with van der Waals surface area (Å²) in [5.41, 5.74) is 2.58. The Balaban J connectivity index is 1.84. The van der Waals surface area contributed by atoms with Crippen LogP contribution in [-0.2, 0) is 13.1 Å². The van der Waals surface area contributed by atoms with Crippen molar-refractivity contribution in [2.24, 2.45) is 0 Å². The fourth-order valence-corrected chi connectivity index (χ4v) is 2.05. The molecule has 0 bridgehead atoms. The van der Waals surface area contributed by atoms with Crippen LogP contribution in [0.15, 0.2) is 22.2 Å². The molecule has 1 aliphatic heterocycles. The van der Waals surface area contributed by atoms with E-state index in [9.17, 15) is 0 Å². The fourth-order valence-electron chi connectivity index (χ4n) is 2.05. The van der Waals surface area contributed by atoms with Crippen molar-refractivity contribution in [2.45, 2.75) is 52.7 Å². The van der Waals surface area contributed by atoms with Crippen LogP contribution in [0.5, 0.6) is 0 Å². The van der Waals surface area contributed by atoms with Gasteiger partial charge in [-0.2, -0.15) is 0 Å². The molecule has 0 saturated heterocycles. The molecule has 2 rings (SSSR count). The Morgan fingerprint density at radius 3 is 2.84 bits per heavy atom. The molecule has 0 atom stereocenters. The molecule has 0 spiro atoms. The summed E-state index contributed by atoms with van der Waals surface area (Å²) in [7, 11) is 0. The van der Waals surface area contributed by atoms with Gasteiger partial charge in [0.05, 0.1) is 12.2 Å². The minimum Gasteiger partial charge on any atom is -0.360 e. The predicted octanol–water partition coefficient (Wildman–Crippen LogP) is 2.71. The third-order valence-electron chi connectivity index (χ3n) is 3.31. The van der Waals surface area contributed by atoms with Gasteiger partial charge in [-0.05, 0) is 34.1 Å². The quantitative estimate of drug-likeness (QED) is 0.848. The third-order valence-corrected chi connectivity index (χ3v) is 3.31. The van der Waals surface area contributed by atoms with Crippen molar-refractivity contribution in [3.63, 3.8) is 0 Å². The molecule has 19 heavy (non-hydrogen) atoms. The fraction of sp³-hybridized carbons (Fsp3) is 0.667. The normalized spacial score (nSPS) is 17.6. The number of hydrogen-bond acceptors (Lipinski definition) is 4. The number of hydrogen-bond donors (Lipinski definition) is 1. The molecule has 1 N–H and O–H groups in total. The molecule has 0 aliphatic carbocycles. The van der Waals surface area contributed by atoms with Crippen molar-refractivity contribution in [3.05, 3.63) is 29.2 Å². The molecule has 1 aromatic heterocycles. The van der Waals surface area contributed by atoms with Gasteiger partial charge in [0.15, 0.2) is 5.76 Å². The van der Waals surface area contributed by atoms with Gasteiger partial charge in [-0.25, -0.2) is 0 Å². The van der Waals surface area contributed by atoms with Crippen LogP contribution in [0.2, 0.25) is 0 Å². The van der Waals surface area contributed by atoms with Gasteiger partial charge in [0, 0.05) is 31.2 Å². The largest absolute Gasteiger partial charge is 0.360 e. The maximum atomic E-state index is 5.41. The van der Waals surface area contributed by atoms with Crippen molar-refractivity contribution in [1.82, 2.24) is 15.4 Å². The maximum Gasteiger partial charge on any atom is 0.151 e.